The molecule has 120 valence electrons. The standard InChI is InChI=1S/C18H18ClNO3/c19-12-5-6-14-15(9-12)18(22)20(17(14)21)10-16-13-4-2-1-3-11(13)7-8-23-16/h1-5,14-16H,6-10H2/t14-,15+,16+/m1/s1. The van der Waals surface area contributed by atoms with E-state index < -0.39 is 0 Å². The molecule has 0 bridgehead atoms. The zero-order valence-electron chi connectivity index (χ0n) is 12.7. The number of hydrogen-bond donors (Lipinski definition) is 0. The Kier molecular flexibility index (Phi) is 3.74. The van der Waals surface area contributed by atoms with Gasteiger partial charge in [0.05, 0.1) is 25.0 Å². The highest BCUT2D eigenvalue weighted by atomic mass is 35.5. The monoisotopic (exact) mass is 331 g/mol. The molecule has 1 saturated heterocycles. The SMILES string of the molecule is O=C1[C@H]2CC(Cl)=CC[C@H]2C(=O)N1C[C@@H]1OCCc2ccccc21. The van der Waals surface area contributed by atoms with E-state index in [9.17, 15) is 9.59 Å². The van der Waals surface area contributed by atoms with Crippen molar-refractivity contribution in [1.29, 1.82) is 0 Å². The number of amides is 2. The van der Waals surface area contributed by atoms with Crippen LogP contribution in [0.2, 0.25) is 0 Å². The Morgan fingerprint density at radius 1 is 1.17 bits per heavy atom. The fourth-order valence-electron chi connectivity index (χ4n) is 3.87. The molecule has 0 N–H and O–H groups in total. The number of benzene rings is 1. The van der Waals surface area contributed by atoms with Crippen molar-refractivity contribution in [2.45, 2.75) is 25.4 Å². The van der Waals surface area contributed by atoms with Crippen LogP contribution in [-0.2, 0) is 20.7 Å². The first kappa shape index (κ1) is 14.9. The Hall–Kier alpha value is -1.65. The summed E-state index contributed by atoms with van der Waals surface area (Å²) in [5.41, 5.74) is 2.33. The third kappa shape index (κ3) is 2.50. The molecule has 1 aromatic rings. The molecule has 0 aromatic heterocycles. The first-order valence-corrected chi connectivity index (χ1v) is 8.42. The minimum absolute atomic E-state index is 0.0768. The second-order valence-corrected chi connectivity index (χ2v) is 6.88. The third-order valence-corrected chi connectivity index (χ3v) is 5.41. The molecule has 2 aliphatic heterocycles. The lowest BCUT2D eigenvalue weighted by Gasteiger charge is -2.29. The molecule has 1 aromatic carbocycles. The Balaban J connectivity index is 1.57. The van der Waals surface area contributed by atoms with E-state index >= 15 is 0 Å². The molecule has 0 radical (unpaired) electrons. The van der Waals surface area contributed by atoms with Gasteiger partial charge in [-0.1, -0.05) is 41.9 Å². The predicted octanol–water partition coefficient (Wildman–Crippen LogP) is 2.82. The van der Waals surface area contributed by atoms with E-state index in [4.69, 9.17) is 16.3 Å². The Bertz CT molecular complexity index is 699. The number of nitrogens with zero attached hydrogens (tertiary/aromatic N) is 1. The van der Waals surface area contributed by atoms with E-state index in [0.29, 0.717) is 31.0 Å². The minimum Gasteiger partial charge on any atom is -0.371 e. The third-order valence-electron chi connectivity index (χ3n) is 5.10. The van der Waals surface area contributed by atoms with Crippen LogP contribution in [0.1, 0.15) is 30.1 Å². The highest BCUT2D eigenvalue weighted by Gasteiger charge is 2.49. The lowest BCUT2D eigenvalue weighted by Crippen LogP contribution is -2.37. The molecule has 3 atom stereocenters. The maximum absolute atomic E-state index is 12.6. The van der Waals surface area contributed by atoms with Crippen molar-refractivity contribution in [3.05, 3.63) is 46.5 Å². The first-order valence-electron chi connectivity index (χ1n) is 8.04. The molecule has 23 heavy (non-hydrogen) atoms. The zero-order chi connectivity index (χ0) is 16.0. The van der Waals surface area contributed by atoms with Gasteiger partial charge in [0.15, 0.2) is 0 Å². The zero-order valence-corrected chi connectivity index (χ0v) is 13.5. The first-order chi connectivity index (χ1) is 11.1. The highest BCUT2D eigenvalue weighted by Crippen LogP contribution is 2.40. The van der Waals surface area contributed by atoms with Crippen LogP contribution in [0.3, 0.4) is 0 Å². The van der Waals surface area contributed by atoms with Gasteiger partial charge in [0, 0.05) is 5.03 Å². The van der Waals surface area contributed by atoms with Crippen LogP contribution in [0.5, 0.6) is 0 Å². The molecule has 4 rings (SSSR count). The van der Waals surface area contributed by atoms with Crippen molar-refractivity contribution >= 4 is 23.4 Å². The van der Waals surface area contributed by atoms with E-state index in [1.807, 2.05) is 24.3 Å². The molecule has 0 saturated carbocycles. The maximum Gasteiger partial charge on any atom is 0.233 e. The summed E-state index contributed by atoms with van der Waals surface area (Å²) in [4.78, 5) is 26.7. The molecule has 2 heterocycles. The molecule has 1 fully saturated rings. The second kappa shape index (κ2) is 5.77. The number of imide groups is 1. The summed E-state index contributed by atoms with van der Waals surface area (Å²) >= 11 is 6.06. The number of likely N-dealkylation sites (tertiary alicyclic amines) is 1. The minimum atomic E-state index is -0.293. The summed E-state index contributed by atoms with van der Waals surface area (Å²) < 4.78 is 5.85. The van der Waals surface area contributed by atoms with E-state index in [0.717, 1.165) is 12.0 Å². The number of halogens is 1. The van der Waals surface area contributed by atoms with Gasteiger partial charge in [0.2, 0.25) is 11.8 Å². The van der Waals surface area contributed by atoms with Gasteiger partial charge < -0.3 is 4.74 Å². The van der Waals surface area contributed by atoms with Gasteiger partial charge >= 0.3 is 0 Å². The van der Waals surface area contributed by atoms with E-state index in [2.05, 4.69) is 6.07 Å². The predicted molar refractivity (Wildman–Crippen MR) is 85.7 cm³/mol. The van der Waals surface area contributed by atoms with Gasteiger partial charge in [-0.2, -0.15) is 0 Å². The van der Waals surface area contributed by atoms with Crippen LogP contribution in [0.15, 0.2) is 35.4 Å². The fourth-order valence-corrected chi connectivity index (χ4v) is 4.13. The molecule has 0 spiro atoms. The van der Waals surface area contributed by atoms with Crippen LogP contribution in [-0.4, -0.2) is 29.9 Å². The van der Waals surface area contributed by atoms with Gasteiger partial charge in [-0.05, 0) is 30.4 Å². The van der Waals surface area contributed by atoms with Crippen molar-refractivity contribution in [3.63, 3.8) is 0 Å². The van der Waals surface area contributed by atoms with E-state index in [-0.39, 0.29) is 29.8 Å². The molecular weight excluding hydrogens is 314 g/mol. The lowest BCUT2D eigenvalue weighted by atomic mass is 9.85. The topological polar surface area (TPSA) is 46.6 Å². The summed E-state index contributed by atoms with van der Waals surface area (Å²) in [5, 5.41) is 0.688. The van der Waals surface area contributed by atoms with Crippen molar-refractivity contribution < 1.29 is 14.3 Å². The van der Waals surface area contributed by atoms with E-state index in [1.54, 1.807) is 0 Å². The molecule has 3 aliphatic rings. The van der Waals surface area contributed by atoms with Crippen LogP contribution < -0.4 is 0 Å². The van der Waals surface area contributed by atoms with Crippen LogP contribution >= 0.6 is 11.6 Å². The highest BCUT2D eigenvalue weighted by molar-refractivity contribution is 6.30. The number of allylic oxidation sites excluding steroid dienone is 2. The lowest BCUT2D eigenvalue weighted by molar-refractivity contribution is -0.142. The van der Waals surface area contributed by atoms with Gasteiger partial charge in [-0.15, -0.1) is 0 Å². The van der Waals surface area contributed by atoms with Crippen molar-refractivity contribution in [1.82, 2.24) is 4.90 Å². The number of carbonyl (C=O) groups excluding carboxylic acids is 2. The summed E-state index contributed by atoms with van der Waals surface area (Å²) in [5.74, 6) is -0.715. The molecule has 5 heteroatoms. The average Bonchev–Trinajstić information content (AvgIpc) is 2.80. The largest absolute Gasteiger partial charge is 0.371 e. The number of ether oxygens (including phenoxy) is 1. The number of fused-ring (bicyclic) bond motifs is 2. The average molecular weight is 332 g/mol. The Morgan fingerprint density at radius 2 is 1.96 bits per heavy atom. The molecule has 0 unspecified atom stereocenters. The molecule has 1 aliphatic carbocycles. The van der Waals surface area contributed by atoms with Gasteiger partial charge in [-0.3, -0.25) is 14.5 Å². The normalized spacial score (nSPS) is 30.0. The van der Waals surface area contributed by atoms with Crippen LogP contribution in [0.4, 0.5) is 0 Å². The van der Waals surface area contributed by atoms with Crippen molar-refractivity contribution in [2.75, 3.05) is 13.2 Å². The molecule has 2 amide bonds. The summed E-state index contributed by atoms with van der Waals surface area (Å²) in [6, 6.07) is 8.09. The number of hydrogen-bond acceptors (Lipinski definition) is 3. The smallest absolute Gasteiger partial charge is 0.233 e. The molecular formula is C18H18ClNO3. The molecule has 4 nitrogen and oxygen atoms in total. The quantitative estimate of drug-likeness (QED) is 0.783. The number of rotatable bonds is 2. The Morgan fingerprint density at radius 3 is 2.83 bits per heavy atom. The van der Waals surface area contributed by atoms with Gasteiger partial charge in [-0.25, -0.2) is 0 Å². The Labute approximate surface area is 140 Å². The summed E-state index contributed by atoms with van der Waals surface area (Å²) in [6.45, 7) is 0.928. The van der Waals surface area contributed by atoms with Crippen LogP contribution in [0, 0.1) is 11.8 Å². The second-order valence-electron chi connectivity index (χ2n) is 6.40. The van der Waals surface area contributed by atoms with Gasteiger partial charge in [0.25, 0.3) is 0 Å². The summed E-state index contributed by atoms with van der Waals surface area (Å²) in [7, 11) is 0. The van der Waals surface area contributed by atoms with Gasteiger partial charge in [0.1, 0.15) is 6.10 Å². The summed E-state index contributed by atoms with van der Waals surface area (Å²) in [6.07, 6.45) is 3.56. The number of carbonyl (C=O) groups is 2. The van der Waals surface area contributed by atoms with Crippen molar-refractivity contribution in [3.8, 4) is 0 Å². The van der Waals surface area contributed by atoms with Crippen LogP contribution in [0.25, 0.3) is 0 Å². The maximum atomic E-state index is 12.6. The van der Waals surface area contributed by atoms with E-state index in [1.165, 1.54) is 10.5 Å². The van der Waals surface area contributed by atoms with Crippen molar-refractivity contribution in [2.24, 2.45) is 11.8 Å². The fraction of sp³-hybridized carbons (Fsp3) is 0.444.